The number of carbonyl (C=O) groups excluding carboxylic acids is 1. The van der Waals surface area contributed by atoms with E-state index in [1.807, 2.05) is 0 Å². The molecule has 10 heavy (non-hydrogen) atoms. The third-order valence-corrected chi connectivity index (χ3v) is 3.40. The molecule has 1 fully saturated rings. The molecule has 0 aromatic rings. The van der Waals surface area contributed by atoms with Crippen molar-refractivity contribution in [2.75, 3.05) is 18.4 Å². The molecule has 1 heterocycles. The van der Waals surface area contributed by atoms with Gasteiger partial charge in [-0.2, -0.15) is 0 Å². The van der Waals surface area contributed by atoms with Crippen LogP contribution in [0.3, 0.4) is 0 Å². The van der Waals surface area contributed by atoms with E-state index in [0.717, 1.165) is 5.33 Å². The van der Waals surface area contributed by atoms with Crippen LogP contribution < -0.4 is 0 Å². The summed E-state index contributed by atoms with van der Waals surface area (Å²) in [4.78, 5) is 12.2. The molecule has 0 aromatic carbocycles. The second-order valence-electron chi connectivity index (χ2n) is 2.66. The van der Waals surface area contributed by atoms with Gasteiger partial charge in [-0.15, -0.1) is 11.6 Å². The SMILES string of the molecule is CC(=O)N1CC(Cl)(CBr)C1. The van der Waals surface area contributed by atoms with E-state index in [2.05, 4.69) is 15.9 Å². The second-order valence-corrected chi connectivity index (χ2v) is 4.02. The van der Waals surface area contributed by atoms with Crippen molar-refractivity contribution in [3.05, 3.63) is 0 Å². The maximum atomic E-state index is 10.7. The first-order valence-corrected chi connectivity index (χ1v) is 4.58. The van der Waals surface area contributed by atoms with Gasteiger partial charge in [0.2, 0.25) is 5.91 Å². The Hall–Kier alpha value is 0.240. The Morgan fingerprint density at radius 3 is 2.60 bits per heavy atom. The van der Waals surface area contributed by atoms with E-state index in [0.29, 0.717) is 13.1 Å². The first-order chi connectivity index (χ1) is 4.57. The lowest BCUT2D eigenvalue weighted by Crippen LogP contribution is -2.60. The van der Waals surface area contributed by atoms with Crippen LogP contribution in [0.2, 0.25) is 0 Å². The van der Waals surface area contributed by atoms with Crippen molar-refractivity contribution in [1.29, 1.82) is 0 Å². The van der Waals surface area contributed by atoms with Crippen LogP contribution in [0.1, 0.15) is 6.92 Å². The summed E-state index contributed by atoms with van der Waals surface area (Å²) in [5.74, 6) is 0.109. The Morgan fingerprint density at radius 1 is 1.80 bits per heavy atom. The van der Waals surface area contributed by atoms with E-state index in [9.17, 15) is 4.79 Å². The normalized spacial score (nSPS) is 22.1. The Kier molecular flexibility index (Phi) is 2.25. The van der Waals surface area contributed by atoms with Crippen molar-refractivity contribution in [3.8, 4) is 0 Å². The van der Waals surface area contributed by atoms with Crippen molar-refractivity contribution < 1.29 is 4.79 Å². The van der Waals surface area contributed by atoms with Gasteiger partial charge in [0.15, 0.2) is 0 Å². The topological polar surface area (TPSA) is 20.3 Å². The number of nitrogens with zero attached hydrogens (tertiary/aromatic N) is 1. The van der Waals surface area contributed by atoms with Crippen molar-refractivity contribution in [2.45, 2.75) is 11.8 Å². The van der Waals surface area contributed by atoms with Crippen LogP contribution >= 0.6 is 27.5 Å². The lowest BCUT2D eigenvalue weighted by atomic mass is 10.0. The number of amides is 1. The number of halogens is 2. The number of alkyl halides is 2. The minimum atomic E-state index is -0.189. The monoisotopic (exact) mass is 225 g/mol. The van der Waals surface area contributed by atoms with Gasteiger partial charge in [-0.1, -0.05) is 15.9 Å². The molecule has 1 saturated heterocycles. The summed E-state index contributed by atoms with van der Waals surface area (Å²) in [7, 11) is 0. The molecule has 0 saturated carbocycles. The predicted octanol–water partition coefficient (Wildman–Crippen LogP) is 1.22. The van der Waals surface area contributed by atoms with Gasteiger partial charge >= 0.3 is 0 Å². The molecule has 2 nitrogen and oxygen atoms in total. The molecule has 4 heteroatoms. The molecule has 0 aromatic heterocycles. The summed E-state index contributed by atoms with van der Waals surface area (Å²) in [6, 6.07) is 0. The van der Waals surface area contributed by atoms with Crippen LogP contribution in [0.4, 0.5) is 0 Å². The zero-order chi connectivity index (χ0) is 7.78. The predicted molar refractivity (Wildman–Crippen MR) is 44.6 cm³/mol. The molecular formula is C6H9BrClNO. The fourth-order valence-corrected chi connectivity index (χ4v) is 1.59. The number of rotatable bonds is 1. The van der Waals surface area contributed by atoms with Crippen LogP contribution in [-0.2, 0) is 4.79 Å². The fraction of sp³-hybridized carbons (Fsp3) is 0.833. The molecule has 0 N–H and O–H groups in total. The quantitative estimate of drug-likeness (QED) is 0.616. The highest BCUT2D eigenvalue weighted by molar-refractivity contribution is 9.09. The molecule has 1 amide bonds. The van der Waals surface area contributed by atoms with Crippen molar-refractivity contribution in [3.63, 3.8) is 0 Å². The van der Waals surface area contributed by atoms with Crippen molar-refractivity contribution >= 4 is 33.4 Å². The van der Waals surface area contributed by atoms with Gasteiger partial charge in [0, 0.05) is 25.3 Å². The number of hydrogen-bond acceptors (Lipinski definition) is 1. The van der Waals surface area contributed by atoms with Gasteiger partial charge < -0.3 is 4.90 Å². The van der Waals surface area contributed by atoms with Crippen LogP contribution in [0.15, 0.2) is 0 Å². The highest BCUT2D eigenvalue weighted by Gasteiger charge is 2.41. The van der Waals surface area contributed by atoms with E-state index in [4.69, 9.17) is 11.6 Å². The first kappa shape index (κ1) is 8.34. The lowest BCUT2D eigenvalue weighted by molar-refractivity contribution is -0.133. The zero-order valence-corrected chi connectivity index (χ0v) is 8.07. The third-order valence-electron chi connectivity index (χ3n) is 1.63. The van der Waals surface area contributed by atoms with Gasteiger partial charge in [-0.05, 0) is 0 Å². The van der Waals surface area contributed by atoms with Crippen LogP contribution in [-0.4, -0.2) is 34.1 Å². The second kappa shape index (κ2) is 2.70. The number of hydrogen-bond donors (Lipinski definition) is 0. The van der Waals surface area contributed by atoms with E-state index < -0.39 is 0 Å². The summed E-state index contributed by atoms with van der Waals surface area (Å²) in [6.07, 6.45) is 0. The Bertz CT molecular complexity index is 156. The first-order valence-electron chi connectivity index (χ1n) is 3.08. The Balaban J connectivity index is 2.36. The maximum Gasteiger partial charge on any atom is 0.219 e. The molecular weight excluding hydrogens is 217 g/mol. The Labute approximate surface area is 73.7 Å². The summed E-state index contributed by atoms with van der Waals surface area (Å²) in [5.41, 5.74) is 0. The molecule has 0 aliphatic carbocycles. The average Bonchev–Trinajstić information content (AvgIpc) is 1.80. The van der Waals surface area contributed by atoms with E-state index in [1.54, 1.807) is 11.8 Å². The minimum Gasteiger partial charge on any atom is -0.339 e. The van der Waals surface area contributed by atoms with Gasteiger partial charge in [-0.3, -0.25) is 4.79 Å². The smallest absolute Gasteiger partial charge is 0.219 e. The van der Waals surface area contributed by atoms with Crippen LogP contribution in [0.25, 0.3) is 0 Å². The molecule has 1 rings (SSSR count). The van der Waals surface area contributed by atoms with E-state index in [-0.39, 0.29) is 10.8 Å². The standard InChI is InChI=1S/C6H9BrClNO/c1-5(10)9-3-6(8,2-7)4-9/h2-4H2,1H3. The summed E-state index contributed by atoms with van der Waals surface area (Å²) >= 11 is 9.28. The van der Waals surface area contributed by atoms with Gasteiger partial charge in [0.05, 0.1) is 4.87 Å². The summed E-state index contributed by atoms with van der Waals surface area (Å²) in [6.45, 7) is 2.91. The lowest BCUT2D eigenvalue weighted by Gasteiger charge is -2.44. The highest BCUT2D eigenvalue weighted by Crippen LogP contribution is 2.29. The van der Waals surface area contributed by atoms with E-state index >= 15 is 0 Å². The largest absolute Gasteiger partial charge is 0.339 e. The Morgan fingerprint density at radius 2 is 2.30 bits per heavy atom. The van der Waals surface area contributed by atoms with E-state index in [1.165, 1.54) is 0 Å². The van der Waals surface area contributed by atoms with Gasteiger partial charge in [-0.25, -0.2) is 0 Å². The molecule has 1 aliphatic heterocycles. The van der Waals surface area contributed by atoms with Crippen LogP contribution in [0, 0.1) is 0 Å². The fourth-order valence-electron chi connectivity index (χ4n) is 0.945. The molecule has 0 bridgehead atoms. The number of likely N-dealkylation sites (tertiary alicyclic amines) is 1. The average molecular weight is 227 g/mol. The molecule has 0 radical (unpaired) electrons. The summed E-state index contributed by atoms with van der Waals surface area (Å²) in [5, 5.41) is 0.755. The minimum absolute atomic E-state index is 0.109. The third kappa shape index (κ3) is 1.45. The van der Waals surface area contributed by atoms with Crippen LogP contribution in [0.5, 0.6) is 0 Å². The molecule has 0 atom stereocenters. The molecule has 1 aliphatic rings. The number of carbonyl (C=O) groups is 1. The van der Waals surface area contributed by atoms with Crippen molar-refractivity contribution in [1.82, 2.24) is 4.90 Å². The maximum absolute atomic E-state index is 10.7. The van der Waals surface area contributed by atoms with Gasteiger partial charge in [0.25, 0.3) is 0 Å². The molecule has 0 spiro atoms. The van der Waals surface area contributed by atoms with Crippen molar-refractivity contribution in [2.24, 2.45) is 0 Å². The highest BCUT2D eigenvalue weighted by atomic mass is 79.9. The van der Waals surface area contributed by atoms with Gasteiger partial charge in [0.1, 0.15) is 0 Å². The zero-order valence-electron chi connectivity index (χ0n) is 5.73. The summed E-state index contributed by atoms with van der Waals surface area (Å²) < 4.78 is 0. The molecule has 0 unspecified atom stereocenters. The molecule has 58 valence electrons.